The first-order valence-corrected chi connectivity index (χ1v) is 8.64. The molecule has 0 fully saturated rings. The zero-order valence-corrected chi connectivity index (χ0v) is 13.0. The highest BCUT2D eigenvalue weighted by atomic mass is 32.2. The fourth-order valence-electron chi connectivity index (χ4n) is 2.04. The van der Waals surface area contributed by atoms with Crippen LogP contribution in [0.4, 0.5) is 5.82 Å². The second kappa shape index (κ2) is 6.57. The summed E-state index contributed by atoms with van der Waals surface area (Å²) in [6, 6.07) is 12.8. The molecular weight excluding hydrogens is 314 g/mol. The summed E-state index contributed by atoms with van der Waals surface area (Å²) in [5.74, 6) is 0.697. The number of benzene rings is 1. The molecule has 0 unspecified atom stereocenters. The maximum Gasteiger partial charge on any atom is 0.234 e. The lowest BCUT2D eigenvalue weighted by atomic mass is 10.2. The SMILES string of the molecule is O=S(=O)(CCc1ccccc1)Nc1cc(-n2cccn2)ncn1. The van der Waals surface area contributed by atoms with Crippen molar-refractivity contribution in [3.8, 4) is 5.82 Å². The van der Waals surface area contributed by atoms with E-state index in [-0.39, 0.29) is 11.6 Å². The Morgan fingerprint density at radius 3 is 2.65 bits per heavy atom. The maximum atomic E-state index is 12.2. The third-order valence-electron chi connectivity index (χ3n) is 3.15. The van der Waals surface area contributed by atoms with Crippen LogP contribution in [0.15, 0.2) is 61.2 Å². The maximum absolute atomic E-state index is 12.2. The molecule has 23 heavy (non-hydrogen) atoms. The van der Waals surface area contributed by atoms with E-state index in [0.29, 0.717) is 12.2 Å². The Morgan fingerprint density at radius 2 is 1.91 bits per heavy atom. The fraction of sp³-hybridized carbons (Fsp3) is 0.133. The predicted octanol–water partition coefficient (Wildman–Crippen LogP) is 1.65. The van der Waals surface area contributed by atoms with Gasteiger partial charge in [0.1, 0.15) is 12.1 Å². The molecular formula is C15H15N5O2S. The molecule has 0 spiro atoms. The monoisotopic (exact) mass is 329 g/mol. The van der Waals surface area contributed by atoms with E-state index in [4.69, 9.17) is 0 Å². The molecule has 8 heteroatoms. The van der Waals surface area contributed by atoms with Crippen LogP contribution >= 0.6 is 0 Å². The number of aromatic nitrogens is 4. The molecule has 1 N–H and O–H groups in total. The highest BCUT2D eigenvalue weighted by Crippen LogP contribution is 2.10. The van der Waals surface area contributed by atoms with Gasteiger partial charge in [-0.15, -0.1) is 0 Å². The van der Waals surface area contributed by atoms with E-state index in [9.17, 15) is 8.42 Å². The van der Waals surface area contributed by atoms with E-state index in [0.717, 1.165) is 5.56 Å². The molecule has 1 aromatic carbocycles. The van der Waals surface area contributed by atoms with Gasteiger partial charge in [0.15, 0.2) is 5.82 Å². The minimum absolute atomic E-state index is 0.0158. The molecule has 0 radical (unpaired) electrons. The summed E-state index contributed by atoms with van der Waals surface area (Å²) < 4.78 is 28.4. The van der Waals surface area contributed by atoms with Crippen LogP contribution in [0.3, 0.4) is 0 Å². The molecule has 3 aromatic rings. The summed E-state index contributed by atoms with van der Waals surface area (Å²) in [4.78, 5) is 8.01. The van der Waals surface area contributed by atoms with Crippen LogP contribution in [0.1, 0.15) is 5.56 Å². The molecule has 2 aromatic heterocycles. The number of hydrogen-bond acceptors (Lipinski definition) is 5. The topological polar surface area (TPSA) is 89.8 Å². The minimum Gasteiger partial charge on any atom is -0.267 e. The first-order valence-electron chi connectivity index (χ1n) is 6.99. The summed E-state index contributed by atoms with van der Waals surface area (Å²) in [5, 5.41) is 4.05. The van der Waals surface area contributed by atoms with Gasteiger partial charge in [0.25, 0.3) is 0 Å². The summed E-state index contributed by atoms with van der Waals surface area (Å²) in [7, 11) is -3.49. The predicted molar refractivity (Wildman–Crippen MR) is 86.7 cm³/mol. The summed E-state index contributed by atoms with van der Waals surface area (Å²) >= 11 is 0. The van der Waals surface area contributed by atoms with Crippen LogP contribution < -0.4 is 4.72 Å². The van der Waals surface area contributed by atoms with Crippen molar-refractivity contribution in [2.45, 2.75) is 6.42 Å². The highest BCUT2D eigenvalue weighted by Gasteiger charge is 2.12. The third kappa shape index (κ3) is 4.13. The van der Waals surface area contributed by atoms with E-state index in [1.54, 1.807) is 18.5 Å². The van der Waals surface area contributed by atoms with Crippen molar-refractivity contribution in [3.05, 3.63) is 66.7 Å². The average Bonchev–Trinajstić information content (AvgIpc) is 3.08. The Bertz CT molecular complexity index is 864. The normalized spacial score (nSPS) is 11.3. The minimum atomic E-state index is -3.49. The van der Waals surface area contributed by atoms with Gasteiger partial charge in [0.2, 0.25) is 10.0 Å². The molecule has 3 rings (SSSR count). The van der Waals surface area contributed by atoms with Gasteiger partial charge in [-0.2, -0.15) is 5.10 Å². The number of hydrogen-bond donors (Lipinski definition) is 1. The van der Waals surface area contributed by atoms with Gasteiger partial charge < -0.3 is 0 Å². The summed E-state index contributed by atoms with van der Waals surface area (Å²) in [6.45, 7) is 0. The second-order valence-electron chi connectivity index (χ2n) is 4.87. The number of nitrogens with one attached hydrogen (secondary N) is 1. The van der Waals surface area contributed by atoms with Crippen LogP contribution in [0.25, 0.3) is 5.82 Å². The van der Waals surface area contributed by atoms with E-state index in [2.05, 4.69) is 19.8 Å². The first-order chi connectivity index (χ1) is 11.1. The number of nitrogens with zero attached hydrogens (tertiary/aromatic N) is 4. The van der Waals surface area contributed by atoms with Gasteiger partial charge in [-0.25, -0.2) is 23.1 Å². The van der Waals surface area contributed by atoms with Crippen LogP contribution in [-0.4, -0.2) is 33.9 Å². The molecule has 0 saturated carbocycles. The van der Waals surface area contributed by atoms with Crippen molar-refractivity contribution in [2.75, 3.05) is 10.5 Å². The smallest absolute Gasteiger partial charge is 0.234 e. The van der Waals surface area contributed by atoms with E-state index >= 15 is 0 Å². The van der Waals surface area contributed by atoms with Crippen molar-refractivity contribution >= 4 is 15.8 Å². The van der Waals surface area contributed by atoms with Crippen LogP contribution in [0, 0.1) is 0 Å². The number of rotatable bonds is 6. The Morgan fingerprint density at radius 1 is 1.09 bits per heavy atom. The van der Waals surface area contributed by atoms with Crippen molar-refractivity contribution in [1.82, 2.24) is 19.7 Å². The summed E-state index contributed by atoms with van der Waals surface area (Å²) in [6.07, 6.45) is 5.07. The fourth-order valence-corrected chi connectivity index (χ4v) is 3.08. The van der Waals surface area contributed by atoms with Gasteiger partial charge in [-0.05, 0) is 18.1 Å². The van der Waals surface area contributed by atoms with Gasteiger partial charge in [0.05, 0.1) is 5.75 Å². The van der Waals surface area contributed by atoms with E-state index in [1.807, 2.05) is 30.3 Å². The standard InChI is InChI=1S/C15H15N5O2S/c21-23(22,10-7-13-5-2-1-3-6-13)19-14-11-15(17-12-16-14)20-9-4-8-18-20/h1-6,8-9,11-12H,7,10H2,(H,16,17,19). The Balaban J connectivity index is 1.69. The molecule has 0 aliphatic rings. The van der Waals surface area contributed by atoms with Crippen LogP contribution in [0.5, 0.6) is 0 Å². The molecule has 118 valence electrons. The molecule has 7 nitrogen and oxygen atoms in total. The Hall–Kier alpha value is -2.74. The van der Waals surface area contributed by atoms with Crippen LogP contribution in [0.2, 0.25) is 0 Å². The van der Waals surface area contributed by atoms with Crippen molar-refractivity contribution < 1.29 is 8.42 Å². The lowest BCUT2D eigenvalue weighted by Crippen LogP contribution is -2.19. The number of anilines is 1. The largest absolute Gasteiger partial charge is 0.267 e. The van der Waals surface area contributed by atoms with Gasteiger partial charge in [0, 0.05) is 18.5 Å². The van der Waals surface area contributed by atoms with Crippen molar-refractivity contribution in [3.63, 3.8) is 0 Å². The molecule has 0 atom stereocenters. The molecule has 0 amide bonds. The van der Waals surface area contributed by atoms with Crippen molar-refractivity contribution in [2.24, 2.45) is 0 Å². The number of sulfonamides is 1. The van der Waals surface area contributed by atoms with Gasteiger partial charge in [-0.1, -0.05) is 30.3 Å². The zero-order valence-electron chi connectivity index (χ0n) is 12.2. The third-order valence-corrected chi connectivity index (χ3v) is 4.42. The summed E-state index contributed by atoms with van der Waals surface area (Å²) in [5.41, 5.74) is 0.970. The van der Waals surface area contributed by atoms with Gasteiger partial charge >= 0.3 is 0 Å². The first kappa shape index (κ1) is 15.2. The highest BCUT2D eigenvalue weighted by molar-refractivity contribution is 7.92. The molecule has 0 aliphatic carbocycles. The van der Waals surface area contributed by atoms with E-state index < -0.39 is 10.0 Å². The molecule has 0 bridgehead atoms. The van der Waals surface area contributed by atoms with Crippen LogP contribution in [-0.2, 0) is 16.4 Å². The molecule has 2 heterocycles. The Kier molecular flexibility index (Phi) is 4.33. The van der Waals surface area contributed by atoms with Crippen molar-refractivity contribution in [1.29, 1.82) is 0 Å². The number of aryl methyl sites for hydroxylation is 1. The molecule has 0 aliphatic heterocycles. The van der Waals surface area contributed by atoms with E-state index in [1.165, 1.54) is 17.1 Å². The average molecular weight is 329 g/mol. The quantitative estimate of drug-likeness (QED) is 0.742. The lowest BCUT2D eigenvalue weighted by Gasteiger charge is -2.08. The lowest BCUT2D eigenvalue weighted by molar-refractivity contribution is 0.600. The Labute approximate surface area is 134 Å². The second-order valence-corrected chi connectivity index (χ2v) is 6.71. The molecule has 0 saturated heterocycles. The zero-order chi connectivity index (χ0) is 16.1. The van der Waals surface area contributed by atoms with Gasteiger partial charge in [-0.3, -0.25) is 4.72 Å².